The van der Waals surface area contributed by atoms with E-state index in [2.05, 4.69) is 29.5 Å². The molecule has 0 radical (unpaired) electrons. The molecule has 186 valence electrons. The Morgan fingerprint density at radius 1 is 1.26 bits per heavy atom. The standard InChI is InChI=1S/C25H29F2N5O2S/c1-25(2,16-4-6-18(34-3)7-5-16)21-14-35-24(30-21)31-23(33)29-12-15-10-19(26)22(20(27)11-15)32-9-8-17(28)13-32/h4-7,10-11,14,17H,8-9,12-13,28H2,1-3H3,(H2,29,30,31,33). The van der Waals surface area contributed by atoms with Gasteiger partial charge in [0, 0.05) is 36.5 Å². The van der Waals surface area contributed by atoms with Gasteiger partial charge in [0.15, 0.2) is 5.13 Å². The number of benzene rings is 2. The van der Waals surface area contributed by atoms with Crippen LogP contribution in [0.5, 0.6) is 5.75 Å². The summed E-state index contributed by atoms with van der Waals surface area (Å²) in [6.45, 7) is 5.00. The molecular weight excluding hydrogens is 472 g/mol. The van der Waals surface area contributed by atoms with E-state index < -0.39 is 17.7 Å². The number of thiazole rings is 1. The van der Waals surface area contributed by atoms with Crippen LogP contribution in [0.3, 0.4) is 0 Å². The van der Waals surface area contributed by atoms with Crippen LogP contribution in [0.2, 0.25) is 0 Å². The number of hydrogen-bond acceptors (Lipinski definition) is 6. The molecular formula is C25H29F2N5O2S. The molecule has 4 N–H and O–H groups in total. The Morgan fingerprint density at radius 2 is 1.94 bits per heavy atom. The second kappa shape index (κ2) is 10.2. The highest BCUT2D eigenvalue weighted by Crippen LogP contribution is 2.34. The monoisotopic (exact) mass is 501 g/mol. The van der Waals surface area contributed by atoms with Gasteiger partial charge in [0.25, 0.3) is 0 Å². The van der Waals surface area contributed by atoms with Crippen LogP contribution in [0.25, 0.3) is 0 Å². The van der Waals surface area contributed by atoms with Crippen LogP contribution in [-0.4, -0.2) is 37.3 Å². The quantitative estimate of drug-likeness (QED) is 0.440. The lowest BCUT2D eigenvalue weighted by molar-refractivity contribution is 0.251. The number of hydrogen-bond donors (Lipinski definition) is 3. The fourth-order valence-electron chi connectivity index (χ4n) is 4.11. The molecule has 4 rings (SSSR count). The molecule has 0 aliphatic carbocycles. The number of aromatic nitrogens is 1. The topological polar surface area (TPSA) is 92.5 Å². The maximum Gasteiger partial charge on any atom is 0.321 e. The molecule has 3 aromatic rings. The summed E-state index contributed by atoms with van der Waals surface area (Å²) in [6, 6.07) is 9.64. The van der Waals surface area contributed by atoms with Gasteiger partial charge in [0.05, 0.1) is 12.8 Å². The molecule has 2 aromatic carbocycles. The first-order chi connectivity index (χ1) is 16.7. The molecule has 0 saturated carbocycles. The Bertz CT molecular complexity index is 1180. The van der Waals surface area contributed by atoms with Gasteiger partial charge in [-0.05, 0) is 41.8 Å². The van der Waals surface area contributed by atoms with Crippen molar-refractivity contribution in [2.45, 2.75) is 38.3 Å². The maximum absolute atomic E-state index is 14.6. The lowest BCUT2D eigenvalue weighted by Gasteiger charge is -2.23. The zero-order valence-electron chi connectivity index (χ0n) is 19.9. The Labute approximate surface area is 207 Å². The van der Waals surface area contributed by atoms with Gasteiger partial charge in [-0.1, -0.05) is 26.0 Å². The highest BCUT2D eigenvalue weighted by molar-refractivity contribution is 7.13. The lowest BCUT2D eigenvalue weighted by Crippen LogP contribution is -2.29. The number of ether oxygens (including phenoxy) is 1. The molecule has 1 saturated heterocycles. The predicted molar refractivity (Wildman–Crippen MR) is 134 cm³/mol. The molecule has 1 aliphatic rings. The van der Waals surface area contributed by atoms with Crippen molar-refractivity contribution in [1.29, 1.82) is 0 Å². The number of halogens is 2. The summed E-state index contributed by atoms with van der Waals surface area (Å²) in [5.41, 5.74) is 7.59. The Hall–Kier alpha value is -3.24. The SMILES string of the molecule is COc1ccc(C(C)(C)c2csc(NC(=O)NCc3cc(F)c(N4CCC(N)C4)c(F)c3)n2)cc1. The lowest BCUT2D eigenvalue weighted by atomic mass is 9.82. The van der Waals surface area contributed by atoms with E-state index in [1.54, 1.807) is 12.0 Å². The van der Waals surface area contributed by atoms with Gasteiger partial charge >= 0.3 is 6.03 Å². The summed E-state index contributed by atoms with van der Waals surface area (Å²) in [5, 5.41) is 7.64. The van der Waals surface area contributed by atoms with Crippen molar-refractivity contribution in [1.82, 2.24) is 10.3 Å². The van der Waals surface area contributed by atoms with E-state index in [0.717, 1.165) is 17.0 Å². The minimum atomic E-state index is -0.665. The molecule has 1 unspecified atom stereocenters. The third-order valence-corrected chi connectivity index (χ3v) is 7.01. The molecule has 1 aliphatic heterocycles. The summed E-state index contributed by atoms with van der Waals surface area (Å²) in [6.07, 6.45) is 0.693. The number of nitrogens with two attached hydrogens (primary N) is 1. The summed E-state index contributed by atoms with van der Waals surface area (Å²) in [5.74, 6) is -0.556. The number of anilines is 2. The highest BCUT2D eigenvalue weighted by Gasteiger charge is 2.27. The number of rotatable bonds is 7. The van der Waals surface area contributed by atoms with Crippen LogP contribution in [0.1, 0.15) is 37.1 Å². The zero-order valence-corrected chi connectivity index (χ0v) is 20.7. The second-order valence-corrected chi connectivity index (χ2v) is 9.96. The van der Waals surface area contributed by atoms with Gasteiger partial charge in [-0.2, -0.15) is 0 Å². The average molecular weight is 502 g/mol. The van der Waals surface area contributed by atoms with Gasteiger partial charge in [-0.3, -0.25) is 5.32 Å². The highest BCUT2D eigenvalue weighted by atomic mass is 32.1. The summed E-state index contributed by atoms with van der Waals surface area (Å²) < 4.78 is 34.4. The van der Waals surface area contributed by atoms with Crippen LogP contribution in [0, 0.1) is 11.6 Å². The van der Waals surface area contributed by atoms with Gasteiger partial charge in [-0.25, -0.2) is 18.6 Å². The van der Waals surface area contributed by atoms with Crippen molar-refractivity contribution in [2.24, 2.45) is 5.73 Å². The number of methoxy groups -OCH3 is 1. The Kier molecular flexibility index (Phi) is 7.23. The number of nitrogens with one attached hydrogen (secondary N) is 2. The normalized spacial score (nSPS) is 15.8. The fraction of sp³-hybridized carbons (Fsp3) is 0.360. The first-order valence-electron chi connectivity index (χ1n) is 11.3. The minimum Gasteiger partial charge on any atom is -0.497 e. The van der Waals surface area contributed by atoms with Crippen LogP contribution in [-0.2, 0) is 12.0 Å². The van der Waals surface area contributed by atoms with E-state index >= 15 is 0 Å². The van der Waals surface area contributed by atoms with E-state index in [0.29, 0.717) is 30.2 Å². The van der Waals surface area contributed by atoms with Crippen molar-refractivity contribution in [3.05, 3.63) is 70.2 Å². The molecule has 1 aromatic heterocycles. The summed E-state index contributed by atoms with van der Waals surface area (Å²) in [4.78, 5) is 18.6. The molecule has 7 nitrogen and oxygen atoms in total. The second-order valence-electron chi connectivity index (χ2n) is 9.10. The summed E-state index contributed by atoms with van der Waals surface area (Å²) >= 11 is 1.31. The van der Waals surface area contributed by atoms with Crippen LogP contribution < -0.4 is 26.0 Å². The number of carbonyl (C=O) groups excluding carboxylic acids is 1. The molecule has 1 fully saturated rings. The summed E-state index contributed by atoms with van der Waals surface area (Å²) in [7, 11) is 1.62. The molecule has 10 heteroatoms. The van der Waals surface area contributed by atoms with Crippen LogP contribution >= 0.6 is 11.3 Å². The predicted octanol–water partition coefficient (Wildman–Crippen LogP) is 4.61. The van der Waals surface area contributed by atoms with Gasteiger partial charge in [0.1, 0.15) is 23.1 Å². The molecule has 2 heterocycles. The van der Waals surface area contributed by atoms with Crippen molar-refractivity contribution in [3.8, 4) is 5.75 Å². The first kappa shape index (κ1) is 24.9. The Morgan fingerprint density at radius 3 is 2.54 bits per heavy atom. The van der Waals surface area contributed by atoms with Crippen LogP contribution in [0.15, 0.2) is 41.8 Å². The van der Waals surface area contributed by atoms with E-state index in [9.17, 15) is 13.6 Å². The van der Waals surface area contributed by atoms with Crippen molar-refractivity contribution in [2.75, 3.05) is 30.4 Å². The molecule has 0 bridgehead atoms. The minimum absolute atomic E-state index is 0.0327. The molecule has 0 spiro atoms. The van der Waals surface area contributed by atoms with Gasteiger partial charge in [-0.15, -0.1) is 11.3 Å². The van der Waals surface area contributed by atoms with E-state index in [1.165, 1.54) is 23.5 Å². The number of carbonyl (C=O) groups is 1. The van der Waals surface area contributed by atoms with Crippen LogP contribution in [0.4, 0.5) is 24.4 Å². The zero-order chi connectivity index (χ0) is 25.2. The number of amides is 2. The largest absolute Gasteiger partial charge is 0.497 e. The van der Waals surface area contributed by atoms with Gasteiger partial charge in [0.2, 0.25) is 0 Å². The van der Waals surface area contributed by atoms with E-state index in [4.69, 9.17) is 10.5 Å². The molecule has 35 heavy (non-hydrogen) atoms. The average Bonchev–Trinajstić information content (AvgIpc) is 3.47. The first-order valence-corrected chi connectivity index (χ1v) is 12.2. The van der Waals surface area contributed by atoms with E-state index in [1.807, 2.05) is 29.6 Å². The van der Waals surface area contributed by atoms with Crippen molar-refractivity contribution < 1.29 is 18.3 Å². The van der Waals surface area contributed by atoms with Crippen molar-refractivity contribution >= 4 is 28.2 Å². The molecule has 2 amide bonds. The smallest absolute Gasteiger partial charge is 0.321 e. The van der Waals surface area contributed by atoms with E-state index in [-0.39, 0.29) is 23.7 Å². The van der Waals surface area contributed by atoms with Gasteiger partial charge < -0.3 is 20.7 Å². The van der Waals surface area contributed by atoms with Crippen molar-refractivity contribution in [3.63, 3.8) is 0 Å². The third kappa shape index (κ3) is 5.54. The third-order valence-electron chi connectivity index (χ3n) is 6.25. The molecule has 1 atom stereocenters. The number of nitrogens with zero attached hydrogens (tertiary/aromatic N) is 2. The Balaban J connectivity index is 1.36. The number of urea groups is 1. The fourth-order valence-corrected chi connectivity index (χ4v) is 4.98. The maximum atomic E-state index is 14.6.